The van der Waals surface area contributed by atoms with Crippen molar-refractivity contribution >= 4 is 45.6 Å². The number of piperidine rings is 1. The molecule has 2 rings (SSSR count). The van der Waals surface area contributed by atoms with Gasteiger partial charge in [-0.2, -0.15) is 0 Å². The molecule has 0 aromatic heterocycles. The Bertz CT molecular complexity index is 631. The quantitative estimate of drug-likeness (QED) is 0.244. The average molecular weight is 481 g/mol. The minimum absolute atomic E-state index is 0. The van der Waals surface area contributed by atoms with Gasteiger partial charge in [-0.15, -0.1) is 24.0 Å². The molecule has 0 spiro atoms. The molecular weight excluding hydrogens is 453 g/mol. The highest BCUT2D eigenvalue weighted by molar-refractivity contribution is 14.0. The van der Waals surface area contributed by atoms with Gasteiger partial charge in [-0.05, 0) is 25.0 Å². The number of sulfonamides is 1. The van der Waals surface area contributed by atoms with Crippen LogP contribution in [0.25, 0.3) is 0 Å². The highest BCUT2D eigenvalue weighted by Gasteiger charge is 2.20. The number of aliphatic imine (C=N–C) groups is 1. The first-order chi connectivity index (χ1) is 11.5. The molecule has 1 aromatic rings. The van der Waals surface area contributed by atoms with E-state index in [1.54, 1.807) is 7.05 Å². The largest absolute Gasteiger partial charge is 0.371 e. The molecule has 0 radical (unpaired) electrons. The van der Waals surface area contributed by atoms with Crippen molar-refractivity contribution in [1.82, 2.24) is 15.4 Å². The number of hydrogen-bond acceptors (Lipinski definition) is 4. The van der Waals surface area contributed by atoms with Crippen molar-refractivity contribution in [3.8, 4) is 0 Å². The Morgan fingerprint density at radius 3 is 2.40 bits per heavy atom. The number of rotatable bonds is 6. The van der Waals surface area contributed by atoms with E-state index >= 15 is 0 Å². The lowest BCUT2D eigenvalue weighted by molar-refractivity contribution is 0.461. The van der Waals surface area contributed by atoms with Gasteiger partial charge in [0.1, 0.15) is 0 Å². The smallest absolute Gasteiger partial charge is 0.208 e. The maximum absolute atomic E-state index is 11.0. The summed E-state index contributed by atoms with van der Waals surface area (Å²) in [6, 6.07) is 10.8. The van der Waals surface area contributed by atoms with Crippen LogP contribution in [0.1, 0.15) is 12.8 Å². The van der Waals surface area contributed by atoms with Crippen molar-refractivity contribution in [3.63, 3.8) is 0 Å². The fourth-order valence-electron chi connectivity index (χ4n) is 2.73. The molecule has 1 heterocycles. The predicted molar refractivity (Wildman–Crippen MR) is 114 cm³/mol. The van der Waals surface area contributed by atoms with Gasteiger partial charge in [-0.3, -0.25) is 4.99 Å². The Labute approximate surface area is 167 Å². The van der Waals surface area contributed by atoms with Crippen molar-refractivity contribution in [2.75, 3.05) is 44.4 Å². The summed E-state index contributed by atoms with van der Waals surface area (Å²) in [7, 11) is -1.42. The van der Waals surface area contributed by atoms with Crippen LogP contribution in [0.15, 0.2) is 35.3 Å². The maximum atomic E-state index is 11.0. The molecule has 1 aliphatic heterocycles. The van der Waals surface area contributed by atoms with Crippen LogP contribution in [0.2, 0.25) is 0 Å². The van der Waals surface area contributed by atoms with Gasteiger partial charge in [0, 0.05) is 45.0 Å². The molecule has 1 aliphatic rings. The highest BCUT2D eigenvalue weighted by Crippen LogP contribution is 2.19. The molecule has 0 bridgehead atoms. The Morgan fingerprint density at radius 1 is 1.20 bits per heavy atom. The fourth-order valence-corrected chi connectivity index (χ4v) is 3.20. The van der Waals surface area contributed by atoms with E-state index in [0.29, 0.717) is 25.1 Å². The predicted octanol–water partition coefficient (Wildman–Crippen LogP) is 0.988. The van der Waals surface area contributed by atoms with Crippen LogP contribution in [0.5, 0.6) is 0 Å². The van der Waals surface area contributed by atoms with E-state index in [-0.39, 0.29) is 24.0 Å². The highest BCUT2D eigenvalue weighted by atomic mass is 127. The topological polar surface area (TPSA) is 85.8 Å². The third-order valence-corrected chi connectivity index (χ3v) is 4.69. The van der Waals surface area contributed by atoms with Crippen LogP contribution >= 0.6 is 24.0 Å². The van der Waals surface area contributed by atoms with Crippen molar-refractivity contribution in [2.24, 2.45) is 4.99 Å². The number of guanidine groups is 1. The minimum Gasteiger partial charge on any atom is -0.371 e. The monoisotopic (exact) mass is 481 g/mol. The molecule has 25 heavy (non-hydrogen) atoms. The summed E-state index contributed by atoms with van der Waals surface area (Å²) in [5.41, 5.74) is 1.27. The molecule has 1 fully saturated rings. The number of hydrogen-bond donors (Lipinski definition) is 3. The number of nitrogens with one attached hydrogen (secondary N) is 3. The van der Waals surface area contributed by atoms with Crippen LogP contribution in [-0.4, -0.2) is 59.9 Å². The molecule has 0 atom stereocenters. The summed E-state index contributed by atoms with van der Waals surface area (Å²) in [5.74, 6) is 0.712. The Kier molecular flexibility index (Phi) is 9.51. The van der Waals surface area contributed by atoms with Crippen LogP contribution < -0.4 is 20.3 Å². The molecule has 142 valence electrons. The molecule has 0 aliphatic carbocycles. The summed E-state index contributed by atoms with van der Waals surface area (Å²) in [4.78, 5) is 6.59. The van der Waals surface area contributed by atoms with Gasteiger partial charge >= 0.3 is 0 Å². The Morgan fingerprint density at radius 2 is 1.84 bits per heavy atom. The molecule has 7 nitrogen and oxygen atoms in total. The van der Waals surface area contributed by atoms with Crippen LogP contribution in [0.4, 0.5) is 5.69 Å². The third kappa shape index (κ3) is 8.23. The van der Waals surface area contributed by atoms with Gasteiger partial charge in [-0.1, -0.05) is 18.2 Å². The molecule has 9 heteroatoms. The summed E-state index contributed by atoms with van der Waals surface area (Å²) in [6.45, 7) is 2.85. The maximum Gasteiger partial charge on any atom is 0.208 e. The van der Waals surface area contributed by atoms with E-state index < -0.39 is 10.0 Å². The first-order valence-corrected chi connectivity index (χ1v) is 10.1. The zero-order valence-electron chi connectivity index (χ0n) is 14.7. The van der Waals surface area contributed by atoms with Crippen molar-refractivity contribution in [3.05, 3.63) is 30.3 Å². The van der Waals surface area contributed by atoms with E-state index in [1.165, 1.54) is 5.69 Å². The van der Waals surface area contributed by atoms with Crippen LogP contribution in [0.3, 0.4) is 0 Å². The summed E-state index contributed by atoms with van der Waals surface area (Å²) < 4.78 is 24.5. The molecule has 1 aromatic carbocycles. The molecule has 0 amide bonds. The van der Waals surface area contributed by atoms with E-state index in [4.69, 9.17) is 0 Å². The Hall–Kier alpha value is -1.07. The molecule has 0 saturated carbocycles. The second kappa shape index (κ2) is 10.8. The second-order valence-electron chi connectivity index (χ2n) is 5.91. The van der Waals surface area contributed by atoms with E-state index in [1.807, 2.05) is 6.07 Å². The van der Waals surface area contributed by atoms with Gasteiger partial charge in [0.15, 0.2) is 5.96 Å². The number of para-hydroxylation sites is 1. The van der Waals surface area contributed by atoms with Gasteiger partial charge < -0.3 is 15.5 Å². The SMILES string of the molecule is CN=C(NCCNS(C)(=O)=O)NC1CCN(c2ccccc2)CC1.I. The fraction of sp³-hybridized carbons (Fsp3) is 0.562. The second-order valence-corrected chi connectivity index (χ2v) is 7.74. The van der Waals surface area contributed by atoms with E-state index in [2.05, 4.69) is 49.5 Å². The number of anilines is 1. The first kappa shape index (κ1) is 22.0. The molecule has 0 unspecified atom stereocenters. The molecule has 3 N–H and O–H groups in total. The Balaban J connectivity index is 0.00000312. The summed E-state index contributed by atoms with van der Waals surface area (Å²) in [6.07, 6.45) is 3.23. The average Bonchev–Trinajstić information content (AvgIpc) is 2.58. The third-order valence-electron chi connectivity index (χ3n) is 3.96. The normalized spacial score (nSPS) is 16.2. The van der Waals surface area contributed by atoms with Crippen LogP contribution in [0, 0.1) is 0 Å². The zero-order chi connectivity index (χ0) is 17.4. The van der Waals surface area contributed by atoms with Crippen molar-refractivity contribution in [2.45, 2.75) is 18.9 Å². The summed E-state index contributed by atoms with van der Waals surface area (Å²) >= 11 is 0. The van der Waals surface area contributed by atoms with Gasteiger partial charge in [-0.25, -0.2) is 13.1 Å². The minimum atomic E-state index is -3.14. The number of benzene rings is 1. The van der Waals surface area contributed by atoms with E-state index in [0.717, 1.165) is 32.2 Å². The lowest BCUT2D eigenvalue weighted by Crippen LogP contribution is -2.49. The van der Waals surface area contributed by atoms with Crippen molar-refractivity contribution in [1.29, 1.82) is 0 Å². The number of nitrogens with zero attached hydrogens (tertiary/aromatic N) is 2. The van der Waals surface area contributed by atoms with E-state index in [9.17, 15) is 8.42 Å². The van der Waals surface area contributed by atoms with Crippen molar-refractivity contribution < 1.29 is 8.42 Å². The van der Waals surface area contributed by atoms with Gasteiger partial charge in [0.2, 0.25) is 10.0 Å². The first-order valence-electron chi connectivity index (χ1n) is 8.20. The molecule has 1 saturated heterocycles. The van der Waals surface area contributed by atoms with Gasteiger partial charge in [0.25, 0.3) is 0 Å². The standard InChI is InChI=1S/C16H27N5O2S.HI/c1-17-16(18-10-11-19-24(2,22)23)20-14-8-12-21(13-9-14)15-6-4-3-5-7-15;/h3-7,14,19H,8-13H2,1-2H3,(H2,17,18,20);1H. The van der Waals surface area contributed by atoms with Gasteiger partial charge in [0.05, 0.1) is 6.26 Å². The molecular formula is C16H28IN5O2S. The lowest BCUT2D eigenvalue weighted by Gasteiger charge is -2.34. The number of halogens is 1. The lowest BCUT2D eigenvalue weighted by atomic mass is 10.0. The summed E-state index contributed by atoms with van der Waals surface area (Å²) in [5, 5.41) is 6.54. The van der Waals surface area contributed by atoms with Crippen LogP contribution in [-0.2, 0) is 10.0 Å². The zero-order valence-corrected chi connectivity index (χ0v) is 17.9.